The fraction of sp³-hybridized carbons (Fsp3) is 0.579. The monoisotopic (exact) mass is 384 g/mol. The van der Waals surface area contributed by atoms with Crippen LogP contribution in [-0.2, 0) is 10.9 Å². The lowest BCUT2D eigenvalue weighted by Gasteiger charge is -2.30. The normalized spacial score (nSPS) is 20.5. The second kappa shape index (κ2) is 8.07. The number of alkyl halides is 3. The maximum Gasteiger partial charge on any atom is 0.417 e. The van der Waals surface area contributed by atoms with Gasteiger partial charge in [-0.15, -0.1) is 0 Å². The summed E-state index contributed by atoms with van der Waals surface area (Å²) < 4.78 is 50.0. The van der Waals surface area contributed by atoms with Gasteiger partial charge in [0.2, 0.25) is 0 Å². The molecule has 0 atom stereocenters. The van der Waals surface area contributed by atoms with Gasteiger partial charge in [-0.1, -0.05) is 0 Å². The minimum Gasteiger partial charge on any atom is -0.490 e. The fourth-order valence-electron chi connectivity index (χ4n) is 2.92. The number of ether oxygens (including phenoxy) is 2. The fourth-order valence-corrected chi connectivity index (χ4v) is 2.92. The molecule has 0 aliphatic heterocycles. The Labute approximate surface area is 156 Å². The maximum absolute atomic E-state index is 13.0. The van der Waals surface area contributed by atoms with E-state index in [0.717, 1.165) is 12.1 Å². The van der Waals surface area contributed by atoms with Crippen LogP contribution in [0.4, 0.5) is 18.0 Å². The molecule has 1 aromatic rings. The highest BCUT2D eigenvalue weighted by Crippen LogP contribution is 2.35. The first kappa shape index (κ1) is 20.9. The number of benzene rings is 1. The molecule has 0 unspecified atom stereocenters. The molecule has 1 saturated carbocycles. The van der Waals surface area contributed by atoms with E-state index in [0.29, 0.717) is 25.7 Å². The summed E-state index contributed by atoms with van der Waals surface area (Å²) >= 11 is 0. The highest BCUT2D eigenvalue weighted by atomic mass is 19.4. The quantitative estimate of drug-likeness (QED) is 0.813. The lowest BCUT2D eigenvalue weighted by molar-refractivity contribution is -0.137. The molecule has 0 saturated heterocycles. The van der Waals surface area contributed by atoms with Crippen molar-refractivity contribution in [2.24, 2.45) is 0 Å². The first-order valence-electron chi connectivity index (χ1n) is 8.75. The van der Waals surface area contributed by atoms with E-state index in [2.05, 4.69) is 5.32 Å². The van der Waals surface area contributed by atoms with Gasteiger partial charge in [0.25, 0.3) is 0 Å². The van der Waals surface area contributed by atoms with E-state index in [4.69, 9.17) is 14.7 Å². The molecule has 1 fully saturated rings. The minimum atomic E-state index is -4.61. The van der Waals surface area contributed by atoms with Crippen LogP contribution in [0, 0.1) is 11.3 Å². The molecule has 0 heterocycles. The third-order valence-electron chi connectivity index (χ3n) is 4.11. The van der Waals surface area contributed by atoms with Crippen molar-refractivity contribution in [1.82, 2.24) is 5.32 Å². The van der Waals surface area contributed by atoms with Crippen molar-refractivity contribution in [3.05, 3.63) is 29.3 Å². The molecular formula is C19H23F3N2O3. The average molecular weight is 384 g/mol. The molecule has 0 aromatic heterocycles. The number of hydrogen-bond acceptors (Lipinski definition) is 4. The van der Waals surface area contributed by atoms with Gasteiger partial charge in [0.05, 0.1) is 23.3 Å². The third-order valence-corrected chi connectivity index (χ3v) is 4.11. The number of nitrogens with one attached hydrogen (secondary N) is 1. The maximum atomic E-state index is 13.0. The van der Waals surface area contributed by atoms with E-state index < -0.39 is 29.0 Å². The van der Waals surface area contributed by atoms with E-state index in [-0.39, 0.29) is 17.9 Å². The van der Waals surface area contributed by atoms with Crippen LogP contribution in [0.3, 0.4) is 0 Å². The summed E-state index contributed by atoms with van der Waals surface area (Å²) in [4.78, 5) is 11.8. The van der Waals surface area contributed by atoms with Crippen molar-refractivity contribution < 1.29 is 27.4 Å². The number of alkyl carbamates (subject to hydrolysis) is 1. The third kappa shape index (κ3) is 6.35. The number of nitrogens with zero attached hydrogens (tertiary/aromatic N) is 1. The number of halogens is 3. The van der Waals surface area contributed by atoms with Gasteiger partial charge in [0.15, 0.2) is 0 Å². The molecule has 2 rings (SSSR count). The zero-order chi connectivity index (χ0) is 20.2. The number of nitriles is 1. The molecule has 8 heteroatoms. The van der Waals surface area contributed by atoms with E-state index in [1.54, 1.807) is 26.8 Å². The van der Waals surface area contributed by atoms with Crippen molar-refractivity contribution >= 4 is 6.09 Å². The van der Waals surface area contributed by atoms with Gasteiger partial charge in [-0.3, -0.25) is 0 Å². The zero-order valence-electron chi connectivity index (χ0n) is 15.5. The first-order chi connectivity index (χ1) is 12.5. The van der Waals surface area contributed by atoms with Crippen LogP contribution in [-0.4, -0.2) is 23.8 Å². The molecule has 1 aliphatic carbocycles. The van der Waals surface area contributed by atoms with Gasteiger partial charge in [-0.2, -0.15) is 18.4 Å². The van der Waals surface area contributed by atoms with Gasteiger partial charge in [0, 0.05) is 6.04 Å². The Kier molecular flexibility index (Phi) is 6.24. The molecular weight excluding hydrogens is 361 g/mol. The topological polar surface area (TPSA) is 71.3 Å². The predicted octanol–water partition coefficient (Wildman–Crippen LogP) is 4.79. The van der Waals surface area contributed by atoms with Crippen LogP contribution in [0.1, 0.15) is 57.6 Å². The highest BCUT2D eigenvalue weighted by molar-refractivity contribution is 5.68. The van der Waals surface area contributed by atoms with Crippen LogP contribution in [0.15, 0.2) is 18.2 Å². The summed E-state index contributed by atoms with van der Waals surface area (Å²) in [7, 11) is 0. The summed E-state index contributed by atoms with van der Waals surface area (Å²) in [6, 6.07) is 4.85. The van der Waals surface area contributed by atoms with Crippen molar-refractivity contribution in [3.63, 3.8) is 0 Å². The zero-order valence-corrected chi connectivity index (χ0v) is 15.5. The Morgan fingerprint density at radius 2 is 1.81 bits per heavy atom. The predicted molar refractivity (Wildman–Crippen MR) is 92.2 cm³/mol. The van der Waals surface area contributed by atoms with Gasteiger partial charge in [0.1, 0.15) is 11.4 Å². The van der Waals surface area contributed by atoms with Crippen molar-refractivity contribution in [2.75, 3.05) is 0 Å². The Morgan fingerprint density at radius 3 is 2.33 bits per heavy atom. The lowest BCUT2D eigenvalue weighted by Crippen LogP contribution is -2.42. The molecule has 1 aromatic carbocycles. The molecule has 0 spiro atoms. The van der Waals surface area contributed by atoms with Crippen LogP contribution in [0.25, 0.3) is 0 Å². The molecule has 1 N–H and O–H groups in total. The van der Waals surface area contributed by atoms with Gasteiger partial charge >= 0.3 is 12.3 Å². The standard InChI is InChI=1S/C19H23F3N2O3/c1-18(2,3)27-17(25)24-13-5-8-14(9-6-13)26-15-7-4-12(11-23)16(10-15)19(20,21)22/h4,7,10,13-14H,5-6,8-9H2,1-3H3,(H,24,25). The smallest absolute Gasteiger partial charge is 0.417 e. The number of carbonyl (C=O) groups is 1. The first-order valence-corrected chi connectivity index (χ1v) is 8.75. The average Bonchev–Trinajstić information content (AvgIpc) is 2.54. The molecule has 27 heavy (non-hydrogen) atoms. The van der Waals surface area contributed by atoms with E-state index in [1.165, 1.54) is 6.07 Å². The Morgan fingerprint density at radius 1 is 1.19 bits per heavy atom. The SMILES string of the molecule is CC(C)(C)OC(=O)NC1CCC(Oc2ccc(C#N)c(C(F)(F)F)c2)CC1. The summed E-state index contributed by atoms with van der Waals surface area (Å²) in [6.07, 6.45) is -2.84. The largest absolute Gasteiger partial charge is 0.490 e. The Bertz CT molecular complexity index is 712. The summed E-state index contributed by atoms with van der Waals surface area (Å²) in [5.74, 6) is 0.0878. The molecule has 5 nitrogen and oxygen atoms in total. The summed E-state index contributed by atoms with van der Waals surface area (Å²) in [5.41, 5.74) is -2.00. The summed E-state index contributed by atoms with van der Waals surface area (Å²) in [5, 5.41) is 11.6. The summed E-state index contributed by atoms with van der Waals surface area (Å²) in [6.45, 7) is 5.35. The highest BCUT2D eigenvalue weighted by Gasteiger charge is 2.34. The van der Waals surface area contributed by atoms with Crippen LogP contribution < -0.4 is 10.1 Å². The Hall–Kier alpha value is -2.43. The molecule has 1 aliphatic rings. The Balaban J connectivity index is 1.91. The van der Waals surface area contributed by atoms with Crippen LogP contribution in [0.5, 0.6) is 5.75 Å². The second-order valence-corrected chi connectivity index (χ2v) is 7.55. The minimum absolute atomic E-state index is 0.0496. The van der Waals surface area contributed by atoms with Crippen molar-refractivity contribution in [1.29, 1.82) is 5.26 Å². The molecule has 148 valence electrons. The molecule has 0 bridgehead atoms. The second-order valence-electron chi connectivity index (χ2n) is 7.55. The van der Waals surface area contributed by atoms with Crippen LogP contribution in [0.2, 0.25) is 0 Å². The van der Waals surface area contributed by atoms with E-state index in [1.807, 2.05) is 0 Å². The van der Waals surface area contributed by atoms with Gasteiger partial charge in [-0.25, -0.2) is 4.79 Å². The van der Waals surface area contributed by atoms with Crippen molar-refractivity contribution in [2.45, 2.75) is 70.4 Å². The van der Waals surface area contributed by atoms with Crippen molar-refractivity contribution in [3.8, 4) is 11.8 Å². The number of hydrogen-bond donors (Lipinski definition) is 1. The van der Waals surface area contributed by atoms with Crippen LogP contribution >= 0.6 is 0 Å². The molecule has 1 amide bonds. The number of carbonyl (C=O) groups excluding carboxylic acids is 1. The van der Waals surface area contributed by atoms with E-state index in [9.17, 15) is 18.0 Å². The lowest BCUT2D eigenvalue weighted by atomic mass is 9.93. The van der Waals surface area contributed by atoms with Gasteiger partial charge < -0.3 is 14.8 Å². The van der Waals surface area contributed by atoms with E-state index >= 15 is 0 Å². The van der Waals surface area contributed by atoms with Gasteiger partial charge in [-0.05, 0) is 64.7 Å². The number of rotatable bonds is 3. The molecule has 0 radical (unpaired) electrons. The number of amides is 1.